The second-order valence-electron chi connectivity index (χ2n) is 3.40. The van der Waals surface area contributed by atoms with E-state index < -0.39 is 0 Å². The zero-order valence-electron chi connectivity index (χ0n) is 7.69. The first-order valence-electron chi connectivity index (χ1n) is 4.57. The lowest BCUT2D eigenvalue weighted by molar-refractivity contribution is 0.306. The van der Waals surface area contributed by atoms with Gasteiger partial charge >= 0.3 is 0 Å². The Bertz CT molecular complexity index is 354. The molecule has 0 unspecified atom stereocenters. The van der Waals surface area contributed by atoms with Crippen LogP contribution in [-0.4, -0.2) is 10.8 Å². The van der Waals surface area contributed by atoms with Gasteiger partial charge in [0.05, 0.1) is 0 Å². The average molecular weight is 195 g/mol. The maximum atomic E-state index is 11.6. The van der Waals surface area contributed by atoms with Crippen LogP contribution in [0.3, 0.4) is 0 Å². The Morgan fingerprint density at radius 3 is 2.77 bits per heavy atom. The molecule has 0 amide bonds. The van der Waals surface area contributed by atoms with E-state index in [9.17, 15) is 4.79 Å². The molecule has 70 valence electrons. The maximum Gasteiger partial charge on any atom is 0.251 e. The van der Waals surface area contributed by atoms with Gasteiger partial charge in [-0.15, -0.1) is 11.8 Å². The monoisotopic (exact) mass is 195 g/mol. The van der Waals surface area contributed by atoms with Crippen molar-refractivity contribution in [1.82, 2.24) is 4.57 Å². The van der Waals surface area contributed by atoms with Crippen LogP contribution in [0.1, 0.15) is 25.3 Å². The molecule has 1 aliphatic rings. The maximum absolute atomic E-state index is 11.6. The van der Waals surface area contributed by atoms with E-state index in [-0.39, 0.29) is 5.56 Å². The van der Waals surface area contributed by atoms with Gasteiger partial charge in [-0.25, -0.2) is 0 Å². The van der Waals surface area contributed by atoms with Gasteiger partial charge in [0, 0.05) is 23.2 Å². The van der Waals surface area contributed by atoms with Gasteiger partial charge in [-0.1, -0.05) is 0 Å². The Labute approximate surface area is 82.0 Å². The molecule has 2 rings (SSSR count). The van der Waals surface area contributed by atoms with Crippen LogP contribution in [0.4, 0.5) is 0 Å². The van der Waals surface area contributed by atoms with E-state index in [1.165, 1.54) is 19.3 Å². The van der Waals surface area contributed by atoms with Crippen molar-refractivity contribution >= 4 is 11.8 Å². The highest BCUT2D eigenvalue weighted by atomic mass is 32.2. The summed E-state index contributed by atoms with van der Waals surface area (Å²) in [5.41, 5.74) is 0.150. The van der Waals surface area contributed by atoms with E-state index in [2.05, 4.69) is 0 Å². The average Bonchev–Trinajstić information content (AvgIpc) is 2.05. The van der Waals surface area contributed by atoms with Crippen LogP contribution in [0.25, 0.3) is 0 Å². The number of pyridine rings is 1. The fourth-order valence-electron chi connectivity index (χ4n) is 1.57. The summed E-state index contributed by atoms with van der Waals surface area (Å²) in [6, 6.07) is 4.22. The molecule has 0 atom stereocenters. The van der Waals surface area contributed by atoms with Gasteiger partial charge in [0.2, 0.25) is 0 Å². The van der Waals surface area contributed by atoms with Crippen LogP contribution >= 0.6 is 11.8 Å². The van der Waals surface area contributed by atoms with Gasteiger partial charge in [-0.3, -0.25) is 4.79 Å². The number of hydrogen-bond donors (Lipinski definition) is 0. The molecule has 13 heavy (non-hydrogen) atoms. The van der Waals surface area contributed by atoms with Crippen LogP contribution in [0, 0.1) is 0 Å². The van der Waals surface area contributed by atoms with Crippen molar-refractivity contribution < 1.29 is 0 Å². The minimum absolute atomic E-state index is 0.150. The smallest absolute Gasteiger partial charge is 0.251 e. The molecule has 0 N–H and O–H groups in total. The van der Waals surface area contributed by atoms with Gasteiger partial charge in [-0.2, -0.15) is 0 Å². The Morgan fingerprint density at radius 1 is 1.54 bits per heavy atom. The Morgan fingerprint density at radius 2 is 2.31 bits per heavy atom. The van der Waals surface area contributed by atoms with Crippen LogP contribution in [0.5, 0.6) is 0 Å². The number of thioether (sulfide) groups is 1. The lowest BCUT2D eigenvalue weighted by atomic mass is 9.93. The van der Waals surface area contributed by atoms with Crippen LogP contribution in [0.2, 0.25) is 0 Å². The molecule has 1 heterocycles. The zero-order chi connectivity index (χ0) is 9.26. The summed E-state index contributed by atoms with van der Waals surface area (Å²) in [6.45, 7) is 0. The number of aromatic nitrogens is 1. The third-order valence-corrected chi connectivity index (χ3v) is 3.35. The minimum atomic E-state index is 0.150. The molecule has 2 nitrogen and oxygen atoms in total. The molecule has 0 radical (unpaired) electrons. The Hall–Kier alpha value is -0.700. The summed E-state index contributed by atoms with van der Waals surface area (Å²) < 4.78 is 1.86. The van der Waals surface area contributed by atoms with E-state index in [4.69, 9.17) is 0 Å². The van der Waals surface area contributed by atoms with E-state index in [0.29, 0.717) is 6.04 Å². The standard InChI is InChI=1S/C10H13NOS/c1-13-9-5-6-11(10(12)7-9)8-3-2-4-8/h5-8H,2-4H2,1H3. The number of hydrogen-bond acceptors (Lipinski definition) is 2. The summed E-state index contributed by atoms with van der Waals surface area (Å²) in [7, 11) is 0. The summed E-state index contributed by atoms with van der Waals surface area (Å²) in [5, 5.41) is 0. The van der Waals surface area contributed by atoms with Gasteiger partial charge in [0.15, 0.2) is 0 Å². The van der Waals surface area contributed by atoms with Gasteiger partial charge < -0.3 is 4.57 Å². The predicted molar refractivity (Wildman–Crippen MR) is 55.4 cm³/mol. The van der Waals surface area contributed by atoms with Gasteiger partial charge in [-0.05, 0) is 31.6 Å². The molecule has 0 saturated heterocycles. The minimum Gasteiger partial charge on any atom is -0.312 e. The third-order valence-electron chi connectivity index (χ3n) is 2.62. The van der Waals surface area contributed by atoms with Gasteiger partial charge in [0.1, 0.15) is 0 Å². The molecule has 1 aromatic heterocycles. The zero-order valence-corrected chi connectivity index (χ0v) is 8.51. The van der Waals surface area contributed by atoms with Crippen LogP contribution in [-0.2, 0) is 0 Å². The SMILES string of the molecule is CSc1ccn(C2CCC2)c(=O)c1. The van der Waals surface area contributed by atoms with E-state index in [0.717, 1.165) is 4.90 Å². The van der Waals surface area contributed by atoms with E-state index in [1.54, 1.807) is 17.8 Å². The second-order valence-corrected chi connectivity index (χ2v) is 4.28. The van der Waals surface area contributed by atoms with Crippen LogP contribution in [0.15, 0.2) is 28.0 Å². The van der Waals surface area contributed by atoms with Crippen molar-refractivity contribution in [2.24, 2.45) is 0 Å². The van der Waals surface area contributed by atoms with Crippen LogP contribution < -0.4 is 5.56 Å². The molecule has 0 aromatic carbocycles. The van der Waals surface area contributed by atoms with E-state index in [1.807, 2.05) is 23.1 Å². The quantitative estimate of drug-likeness (QED) is 0.675. The van der Waals surface area contributed by atoms with Crippen molar-refractivity contribution in [3.05, 3.63) is 28.7 Å². The highest BCUT2D eigenvalue weighted by Crippen LogP contribution is 2.30. The first-order valence-corrected chi connectivity index (χ1v) is 5.80. The lowest BCUT2D eigenvalue weighted by Crippen LogP contribution is -2.27. The fourth-order valence-corrected chi connectivity index (χ4v) is 1.98. The molecule has 0 bridgehead atoms. The van der Waals surface area contributed by atoms with Crippen molar-refractivity contribution in [3.63, 3.8) is 0 Å². The number of rotatable bonds is 2. The molecule has 0 aliphatic heterocycles. The first-order chi connectivity index (χ1) is 6.31. The second kappa shape index (κ2) is 3.58. The summed E-state index contributed by atoms with van der Waals surface area (Å²) in [6.07, 6.45) is 7.51. The third kappa shape index (κ3) is 1.66. The molecule has 1 fully saturated rings. The fraction of sp³-hybridized carbons (Fsp3) is 0.500. The summed E-state index contributed by atoms with van der Waals surface area (Å²) >= 11 is 1.62. The van der Waals surface area contributed by atoms with Crippen molar-refractivity contribution in [1.29, 1.82) is 0 Å². The van der Waals surface area contributed by atoms with Crippen molar-refractivity contribution in [2.75, 3.05) is 6.26 Å². The predicted octanol–water partition coefficient (Wildman–Crippen LogP) is 2.30. The molecule has 0 spiro atoms. The molecular weight excluding hydrogens is 182 g/mol. The highest BCUT2D eigenvalue weighted by Gasteiger charge is 2.19. The molecule has 1 saturated carbocycles. The Kier molecular flexibility index (Phi) is 2.44. The van der Waals surface area contributed by atoms with Crippen molar-refractivity contribution in [3.8, 4) is 0 Å². The normalized spacial score (nSPS) is 17.0. The first kappa shape index (κ1) is 8.88. The summed E-state index contributed by atoms with van der Waals surface area (Å²) in [4.78, 5) is 12.6. The lowest BCUT2D eigenvalue weighted by Gasteiger charge is -2.27. The number of nitrogens with zero attached hydrogens (tertiary/aromatic N) is 1. The molecule has 3 heteroatoms. The van der Waals surface area contributed by atoms with E-state index >= 15 is 0 Å². The molecular formula is C10H13NOS. The topological polar surface area (TPSA) is 22.0 Å². The van der Waals surface area contributed by atoms with Crippen molar-refractivity contribution in [2.45, 2.75) is 30.2 Å². The largest absolute Gasteiger partial charge is 0.312 e. The highest BCUT2D eigenvalue weighted by molar-refractivity contribution is 7.98. The molecule has 1 aliphatic carbocycles. The Balaban J connectivity index is 2.31. The molecule has 1 aromatic rings. The summed E-state index contributed by atoms with van der Waals surface area (Å²) in [5.74, 6) is 0. The van der Waals surface area contributed by atoms with Gasteiger partial charge in [0.25, 0.3) is 5.56 Å².